The molecular weight excluding hydrogens is 339 g/mol. The minimum absolute atomic E-state index is 0.0402. The van der Waals surface area contributed by atoms with E-state index in [9.17, 15) is 4.39 Å². The molecule has 0 bridgehead atoms. The standard InChI is InChI=1S/C16H14ClFN2O2S/c17-12-7-10(5-6-13(12)18)20-16(23)19-8-11-9-21-14-3-1-2-4-15(14)22-11/h1-7,11H,8-9H2,(H2,19,20,23)/t11-/m0/s1. The maximum atomic E-state index is 13.1. The van der Waals surface area contributed by atoms with Crippen LogP contribution in [-0.2, 0) is 0 Å². The fourth-order valence-electron chi connectivity index (χ4n) is 2.12. The first kappa shape index (κ1) is 15.8. The highest BCUT2D eigenvalue weighted by Crippen LogP contribution is 2.30. The number of halogens is 2. The highest BCUT2D eigenvalue weighted by Gasteiger charge is 2.20. The Balaban J connectivity index is 1.51. The van der Waals surface area contributed by atoms with Gasteiger partial charge in [-0.2, -0.15) is 0 Å². The molecule has 4 nitrogen and oxygen atoms in total. The van der Waals surface area contributed by atoms with Crippen molar-refractivity contribution in [3.63, 3.8) is 0 Å². The Morgan fingerprint density at radius 2 is 2.04 bits per heavy atom. The van der Waals surface area contributed by atoms with Crippen LogP contribution in [-0.4, -0.2) is 24.4 Å². The quantitative estimate of drug-likeness (QED) is 0.826. The molecule has 0 radical (unpaired) electrons. The van der Waals surface area contributed by atoms with E-state index in [0.29, 0.717) is 24.0 Å². The van der Waals surface area contributed by atoms with Crippen LogP contribution in [0.3, 0.4) is 0 Å². The van der Waals surface area contributed by atoms with E-state index in [1.165, 1.54) is 12.1 Å². The van der Waals surface area contributed by atoms with Crippen molar-refractivity contribution >= 4 is 34.6 Å². The van der Waals surface area contributed by atoms with Gasteiger partial charge in [0.15, 0.2) is 16.6 Å². The van der Waals surface area contributed by atoms with Crippen molar-refractivity contribution < 1.29 is 13.9 Å². The largest absolute Gasteiger partial charge is 0.486 e. The molecule has 0 fully saturated rings. The van der Waals surface area contributed by atoms with Gasteiger partial charge in [0.05, 0.1) is 11.6 Å². The smallest absolute Gasteiger partial charge is 0.170 e. The number of hydrogen-bond acceptors (Lipinski definition) is 3. The summed E-state index contributed by atoms with van der Waals surface area (Å²) in [5.74, 6) is 0.989. The Kier molecular flexibility index (Phi) is 4.83. The van der Waals surface area contributed by atoms with Gasteiger partial charge in [-0.05, 0) is 42.5 Å². The van der Waals surface area contributed by atoms with E-state index in [4.69, 9.17) is 33.3 Å². The zero-order valence-corrected chi connectivity index (χ0v) is 13.6. The van der Waals surface area contributed by atoms with Crippen molar-refractivity contribution in [2.45, 2.75) is 6.10 Å². The summed E-state index contributed by atoms with van der Waals surface area (Å²) in [5, 5.41) is 6.42. The summed E-state index contributed by atoms with van der Waals surface area (Å²) in [4.78, 5) is 0. The van der Waals surface area contributed by atoms with Gasteiger partial charge in [0.2, 0.25) is 0 Å². The van der Waals surface area contributed by atoms with Gasteiger partial charge in [-0.3, -0.25) is 0 Å². The highest BCUT2D eigenvalue weighted by molar-refractivity contribution is 7.80. The second-order valence-electron chi connectivity index (χ2n) is 4.96. The number of anilines is 1. The molecule has 23 heavy (non-hydrogen) atoms. The molecule has 1 heterocycles. The third-order valence-corrected chi connectivity index (χ3v) is 3.77. The SMILES string of the molecule is Fc1ccc(NC(=S)NC[C@H]2COc3ccccc3O2)cc1Cl. The molecule has 0 saturated heterocycles. The molecule has 2 aromatic carbocycles. The van der Waals surface area contributed by atoms with Gasteiger partial charge in [-0.15, -0.1) is 0 Å². The fraction of sp³-hybridized carbons (Fsp3) is 0.188. The third-order valence-electron chi connectivity index (χ3n) is 3.24. The number of ether oxygens (including phenoxy) is 2. The molecule has 0 spiro atoms. The molecule has 0 unspecified atom stereocenters. The van der Waals surface area contributed by atoms with Crippen LogP contribution in [0.25, 0.3) is 0 Å². The number of thiocarbonyl (C=S) groups is 1. The van der Waals surface area contributed by atoms with E-state index < -0.39 is 5.82 Å². The van der Waals surface area contributed by atoms with E-state index in [-0.39, 0.29) is 11.1 Å². The van der Waals surface area contributed by atoms with E-state index in [1.807, 2.05) is 24.3 Å². The zero-order chi connectivity index (χ0) is 16.2. The van der Waals surface area contributed by atoms with Crippen molar-refractivity contribution in [3.8, 4) is 11.5 Å². The summed E-state index contributed by atoms with van der Waals surface area (Å²) in [6, 6.07) is 11.8. The molecule has 2 aromatic rings. The molecule has 0 saturated carbocycles. The molecular formula is C16H14ClFN2O2S. The first-order chi connectivity index (χ1) is 11.1. The van der Waals surface area contributed by atoms with Gasteiger partial charge < -0.3 is 20.1 Å². The first-order valence-electron chi connectivity index (χ1n) is 7.00. The van der Waals surface area contributed by atoms with Crippen molar-refractivity contribution in [1.82, 2.24) is 5.32 Å². The lowest BCUT2D eigenvalue weighted by Crippen LogP contribution is -2.42. The number of fused-ring (bicyclic) bond motifs is 1. The van der Waals surface area contributed by atoms with Gasteiger partial charge in [0.1, 0.15) is 18.5 Å². The van der Waals surface area contributed by atoms with E-state index >= 15 is 0 Å². The lowest BCUT2D eigenvalue weighted by molar-refractivity contribution is 0.0939. The molecule has 0 amide bonds. The Labute approximate surface area is 143 Å². The summed E-state index contributed by atoms with van der Waals surface area (Å²) in [7, 11) is 0. The van der Waals surface area contributed by atoms with E-state index in [0.717, 1.165) is 11.5 Å². The van der Waals surface area contributed by atoms with Crippen LogP contribution < -0.4 is 20.1 Å². The van der Waals surface area contributed by atoms with Crippen LogP contribution in [0.1, 0.15) is 0 Å². The van der Waals surface area contributed by atoms with Crippen LogP contribution >= 0.6 is 23.8 Å². The number of para-hydroxylation sites is 2. The summed E-state index contributed by atoms with van der Waals surface area (Å²) >= 11 is 10.9. The molecule has 0 aliphatic carbocycles. The molecule has 1 aliphatic rings. The van der Waals surface area contributed by atoms with E-state index in [2.05, 4.69) is 10.6 Å². The van der Waals surface area contributed by atoms with Crippen LogP contribution in [0.2, 0.25) is 5.02 Å². The molecule has 120 valence electrons. The highest BCUT2D eigenvalue weighted by atomic mass is 35.5. The maximum Gasteiger partial charge on any atom is 0.170 e. The topological polar surface area (TPSA) is 42.5 Å². The summed E-state index contributed by atoms with van der Waals surface area (Å²) in [6.07, 6.45) is -0.151. The van der Waals surface area contributed by atoms with Gasteiger partial charge in [-0.1, -0.05) is 23.7 Å². The minimum Gasteiger partial charge on any atom is -0.486 e. The van der Waals surface area contributed by atoms with Gasteiger partial charge in [-0.25, -0.2) is 4.39 Å². The second-order valence-corrected chi connectivity index (χ2v) is 5.78. The Morgan fingerprint density at radius 1 is 1.26 bits per heavy atom. The predicted molar refractivity (Wildman–Crippen MR) is 92.0 cm³/mol. The number of hydrogen-bond donors (Lipinski definition) is 2. The molecule has 0 aromatic heterocycles. The first-order valence-corrected chi connectivity index (χ1v) is 7.79. The minimum atomic E-state index is -0.470. The maximum absolute atomic E-state index is 13.1. The van der Waals surface area contributed by atoms with Crippen molar-refractivity contribution in [3.05, 3.63) is 53.3 Å². The lowest BCUT2D eigenvalue weighted by Gasteiger charge is -2.27. The zero-order valence-electron chi connectivity index (χ0n) is 12.0. The Hall–Kier alpha value is -2.05. The number of rotatable bonds is 3. The average Bonchev–Trinajstić information content (AvgIpc) is 2.56. The van der Waals surface area contributed by atoms with Crippen LogP contribution in [0.4, 0.5) is 10.1 Å². The normalized spacial score (nSPS) is 15.8. The molecule has 1 atom stereocenters. The third kappa shape index (κ3) is 4.03. The van der Waals surface area contributed by atoms with E-state index in [1.54, 1.807) is 6.07 Å². The predicted octanol–water partition coefficient (Wildman–Crippen LogP) is 3.61. The van der Waals surface area contributed by atoms with Crippen LogP contribution in [0.15, 0.2) is 42.5 Å². The van der Waals surface area contributed by atoms with Crippen LogP contribution in [0, 0.1) is 5.82 Å². The lowest BCUT2D eigenvalue weighted by atomic mass is 10.2. The summed E-state index contributed by atoms with van der Waals surface area (Å²) in [6.45, 7) is 0.921. The van der Waals surface area contributed by atoms with Crippen molar-refractivity contribution in [1.29, 1.82) is 0 Å². The van der Waals surface area contributed by atoms with Gasteiger partial charge in [0, 0.05) is 5.69 Å². The Morgan fingerprint density at radius 3 is 2.83 bits per heavy atom. The number of benzene rings is 2. The molecule has 2 N–H and O–H groups in total. The summed E-state index contributed by atoms with van der Waals surface area (Å²) < 4.78 is 24.6. The fourth-order valence-corrected chi connectivity index (χ4v) is 2.50. The molecule has 1 aliphatic heterocycles. The van der Waals surface area contributed by atoms with Crippen LogP contribution in [0.5, 0.6) is 11.5 Å². The summed E-state index contributed by atoms with van der Waals surface area (Å²) in [5.41, 5.74) is 0.611. The monoisotopic (exact) mass is 352 g/mol. The van der Waals surface area contributed by atoms with Gasteiger partial charge >= 0.3 is 0 Å². The van der Waals surface area contributed by atoms with Crippen molar-refractivity contribution in [2.75, 3.05) is 18.5 Å². The Bertz CT molecular complexity index is 729. The number of nitrogens with one attached hydrogen (secondary N) is 2. The van der Waals surface area contributed by atoms with Crippen molar-refractivity contribution in [2.24, 2.45) is 0 Å². The molecule has 3 rings (SSSR count). The second kappa shape index (κ2) is 7.02. The van der Waals surface area contributed by atoms with Gasteiger partial charge in [0.25, 0.3) is 0 Å². The average molecular weight is 353 g/mol. The molecule has 7 heteroatoms.